The van der Waals surface area contributed by atoms with Crippen molar-refractivity contribution >= 4 is 22.2 Å². The Morgan fingerprint density at radius 3 is 2.64 bits per heavy atom. The van der Waals surface area contributed by atoms with E-state index in [9.17, 15) is 23.1 Å². The van der Waals surface area contributed by atoms with E-state index in [0.29, 0.717) is 24.2 Å². The number of hydrogen-bond donors (Lipinski definition) is 2. The van der Waals surface area contributed by atoms with Gasteiger partial charge >= 0.3 is 16.4 Å². The number of ketones is 1. The minimum absolute atomic E-state index is 0.00204. The Kier molecular flexibility index (Phi) is 6.33. The molecule has 0 aromatic carbocycles. The van der Waals surface area contributed by atoms with Gasteiger partial charge in [-0.2, -0.15) is 8.42 Å². The second-order valence-corrected chi connectivity index (χ2v) is 14.3. The lowest BCUT2D eigenvalue weighted by molar-refractivity contribution is -0.151. The number of hydrogen-bond acceptors (Lipinski definition) is 8. The molecular formula is C29H40O9S. The van der Waals surface area contributed by atoms with Gasteiger partial charge in [0.1, 0.15) is 24.4 Å². The van der Waals surface area contributed by atoms with Crippen molar-refractivity contribution in [2.24, 2.45) is 40.4 Å². The second-order valence-electron chi connectivity index (χ2n) is 13.3. The maximum Gasteiger partial charge on any atom is 0.397 e. The van der Waals surface area contributed by atoms with Crippen LogP contribution in [0.3, 0.4) is 0 Å². The predicted octanol–water partition coefficient (Wildman–Crippen LogP) is 3.57. The number of esters is 1. The predicted molar refractivity (Wildman–Crippen MR) is 139 cm³/mol. The summed E-state index contributed by atoms with van der Waals surface area (Å²) in [6.07, 6.45) is 8.39. The monoisotopic (exact) mass is 564 g/mol. The summed E-state index contributed by atoms with van der Waals surface area (Å²) in [4.78, 5) is 26.0. The molecule has 0 radical (unpaired) electrons. The Morgan fingerprint density at radius 1 is 1.23 bits per heavy atom. The van der Waals surface area contributed by atoms with Crippen LogP contribution in [0.1, 0.15) is 72.6 Å². The van der Waals surface area contributed by atoms with Crippen LogP contribution in [0.4, 0.5) is 0 Å². The Hall–Kier alpha value is -1.59. The fraction of sp³-hybridized carbons (Fsp3) is 0.793. The van der Waals surface area contributed by atoms with Gasteiger partial charge in [0, 0.05) is 6.42 Å². The number of epoxide rings is 1. The standard InChI is InChI=1S/C29H40O9S/c1-5-10-27(4)19(16(3)22-11-15(2)18(26(32)37-22)14-36-39(33,34)35)6-7-20(27)17-12-25-29(38-25)24(31)9-8-23(30)28(29)13-21(17)28/h8-9,16-17,19-22,24-25,31H,5-7,10-14H2,1-4H3,(H,33,34,35)/t16-,17?,19?,20?,21?,22?,24-,25+,27+,28-,29+/m0/s1. The lowest BCUT2D eigenvalue weighted by Crippen LogP contribution is -2.52. The summed E-state index contributed by atoms with van der Waals surface area (Å²) >= 11 is 0. The second kappa shape index (κ2) is 8.95. The van der Waals surface area contributed by atoms with Crippen LogP contribution in [0.15, 0.2) is 23.3 Å². The molecule has 11 atom stereocenters. The van der Waals surface area contributed by atoms with Crippen LogP contribution in [-0.2, 0) is 33.6 Å². The smallest absolute Gasteiger partial charge is 0.397 e. The maximum absolute atomic E-state index is 13.2. The van der Waals surface area contributed by atoms with E-state index in [0.717, 1.165) is 44.1 Å². The molecular weight excluding hydrogens is 524 g/mol. The van der Waals surface area contributed by atoms with E-state index in [-0.39, 0.29) is 40.8 Å². The summed E-state index contributed by atoms with van der Waals surface area (Å²) in [5.41, 5.74) is -0.409. The van der Waals surface area contributed by atoms with Gasteiger partial charge in [0.05, 0.1) is 17.1 Å². The van der Waals surface area contributed by atoms with Crippen LogP contribution in [0.5, 0.6) is 0 Å². The number of aliphatic hydroxyl groups excluding tert-OH is 1. The molecule has 9 nitrogen and oxygen atoms in total. The summed E-state index contributed by atoms with van der Waals surface area (Å²) < 4.78 is 47.4. The van der Waals surface area contributed by atoms with E-state index in [1.54, 1.807) is 19.1 Å². The first-order valence-corrected chi connectivity index (χ1v) is 15.8. The highest BCUT2D eigenvalue weighted by molar-refractivity contribution is 7.80. The van der Waals surface area contributed by atoms with E-state index in [1.807, 2.05) is 0 Å². The molecule has 0 bridgehead atoms. The molecule has 2 spiro atoms. The molecule has 4 aliphatic carbocycles. The number of rotatable bonds is 8. The van der Waals surface area contributed by atoms with Gasteiger partial charge in [-0.05, 0) is 86.2 Å². The Labute approximate surface area is 230 Å². The zero-order valence-electron chi connectivity index (χ0n) is 23.1. The van der Waals surface area contributed by atoms with Gasteiger partial charge in [0.25, 0.3) is 0 Å². The molecule has 0 aromatic heterocycles. The third kappa shape index (κ3) is 3.88. The van der Waals surface area contributed by atoms with Crippen molar-refractivity contribution in [3.63, 3.8) is 0 Å². The molecule has 0 aromatic rings. The van der Waals surface area contributed by atoms with Crippen LogP contribution >= 0.6 is 0 Å². The lowest BCUT2D eigenvalue weighted by atomic mass is 9.57. The zero-order chi connectivity index (χ0) is 28.1. The van der Waals surface area contributed by atoms with Crippen molar-refractivity contribution in [1.82, 2.24) is 0 Å². The molecule has 3 saturated carbocycles. The molecule has 4 fully saturated rings. The van der Waals surface area contributed by atoms with E-state index < -0.39 is 40.1 Å². The first-order valence-electron chi connectivity index (χ1n) is 14.4. The van der Waals surface area contributed by atoms with Crippen molar-refractivity contribution in [1.29, 1.82) is 0 Å². The van der Waals surface area contributed by atoms with Gasteiger partial charge < -0.3 is 14.6 Å². The third-order valence-corrected chi connectivity index (χ3v) is 12.1. The molecule has 10 heteroatoms. The first kappa shape index (κ1) is 27.6. The number of allylic oxidation sites excluding steroid dienone is 1. The number of carbonyl (C=O) groups is 2. The summed E-state index contributed by atoms with van der Waals surface area (Å²) in [5, 5.41) is 10.8. The fourth-order valence-corrected chi connectivity index (χ4v) is 10.2. The molecule has 6 aliphatic rings. The summed E-state index contributed by atoms with van der Waals surface area (Å²) in [5.74, 6) is 0.949. The van der Waals surface area contributed by atoms with E-state index >= 15 is 0 Å². The van der Waals surface area contributed by atoms with Gasteiger partial charge in [-0.15, -0.1) is 0 Å². The van der Waals surface area contributed by atoms with Crippen molar-refractivity contribution in [2.45, 2.75) is 96.6 Å². The Balaban J connectivity index is 1.22. The van der Waals surface area contributed by atoms with Gasteiger partial charge in [0.15, 0.2) is 5.78 Å². The van der Waals surface area contributed by atoms with Crippen LogP contribution < -0.4 is 0 Å². The zero-order valence-corrected chi connectivity index (χ0v) is 23.9. The molecule has 6 rings (SSSR count). The van der Waals surface area contributed by atoms with Crippen molar-refractivity contribution in [3.8, 4) is 0 Å². The van der Waals surface area contributed by atoms with Crippen LogP contribution in [0, 0.1) is 40.4 Å². The molecule has 5 unspecified atom stereocenters. The number of aliphatic hydroxyl groups is 1. The average Bonchev–Trinajstić information content (AvgIpc) is 3.73. The molecule has 2 aliphatic heterocycles. The van der Waals surface area contributed by atoms with Crippen molar-refractivity contribution in [2.75, 3.05) is 6.61 Å². The van der Waals surface area contributed by atoms with Gasteiger partial charge in [-0.1, -0.05) is 32.8 Å². The Bertz CT molecular complexity index is 1260. The highest BCUT2D eigenvalue weighted by atomic mass is 32.3. The van der Waals surface area contributed by atoms with Crippen molar-refractivity contribution < 1.29 is 41.3 Å². The van der Waals surface area contributed by atoms with Crippen LogP contribution in [-0.4, -0.2) is 60.3 Å². The van der Waals surface area contributed by atoms with E-state index in [1.165, 1.54) is 0 Å². The van der Waals surface area contributed by atoms with Gasteiger partial charge in [0.2, 0.25) is 0 Å². The van der Waals surface area contributed by atoms with E-state index in [2.05, 4.69) is 25.0 Å². The summed E-state index contributed by atoms with van der Waals surface area (Å²) in [7, 11) is -4.66. The molecule has 2 N–H and O–H groups in total. The molecule has 39 heavy (non-hydrogen) atoms. The summed E-state index contributed by atoms with van der Waals surface area (Å²) in [6.45, 7) is 7.99. The highest BCUT2D eigenvalue weighted by Crippen LogP contribution is 2.80. The number of carbonyl (C=O) groups excluding carboxylic acids is 2. The highest BCUT2D eigenvalue weighted by Gasteiger charge is 2.87. The SMILES string of the molecule is CCC[C@@]1(C)C(C2C[C@H]3O[C@]34[C@@H](O)C=CC(=O)[C@@]43CC23)CCC1[C@H](C)C1CC(C)=C(COS(=O)(=O)O)C(=O)O1. The quantitative estimate of drug-likeness (QED) is 0.257. The first-order chi connectivity index (χ1) is 18.3. The lowest BCUT2D eigenvalue weighted by Gasteiger charge is -2.46. The molecule has 0 amide bonds. The normalized spacial score (nSPS) is 47.3. The number of ether oxygens (including phenoxy) is 2. The molecule has 1 saturated heterocycles. The molecule has 2 heterocycles. The average molecular weight is 565 g/mol. The van der Waals surface area contributed by atoms with Crippen LogP contribution in [0.2, 0.25) is 0 Å². The van der Waals surface area contributed by atoms with E-state index in [4.69, 9.17) is 14.0 Å². The Morgan fingerprint density at radius 2 is 1.97 bits per heavy atom. The maximum atomic E-state index is 13.2. The topological polar surface area (TPSA) is 140 Å². The summed E-state index contributed by atoms with van der Waals surface area (Å²) in [6, 6.07) is 0. The largest absolute Gasteiger partial charge is 0.458 e. The third-order valence-electron chi connectivity index (χ3n) is 11.7. The fourth-order valence-electron chi connectivity index (χ4n) is 9.88. The van der Waals surface area contributed by atoms with Crippen LogP contribution in [0.25, 0.3) is 0 Å². The van der Waals surface area contributed by atoms with Gasteiger partial charge in [-0.3, -0.25) is 9.35 Å². The number of cyclic esters (lactones) is 1. The molecule has 216 valence electrons. The van der Waals surface area contributed by atoms with Crippen molar-refractivity contribution in [3.05, 3.63) is 23.3 Å². The minimum Gasteiger partial charge on any atom is -0.458 e. The van der Waals surface area contributed by atoms with Gasteiger partial charge in [-0.25, -0.2) is 8.98 Å². The minimum atomic E-state index is -4.66.